The molecule has 1 aromatic heterocycles. The van der Waals surface area contributed by atoms with Gasteiger partial charge in [0, 0.05) is 23.2 Å². The molecule has 2 rings (SSSR count). The molecule has 23 heavy (non-hydrogen) atoms. The molecule has 2 aromatic rings. The van der Waals surface area contributed by atoms with Crippen LogP contribution in [0.5, 0.6) is 0 Å². The van der Waals surface area contributed by atoms with Gasteiger partial charge >= 0.3 is 0 Å². The van der Waals surface area contributed by atoms with Crippen LogP contribution in [0.15, 0.2) is 35.7 Å². The summed E-state index contributed by atoms with van der Waals surface area (Å²) in [5, 5.41) is 16.5. The number of hydrogen-bond acceptors (Lipinski definition) is 5. The second-order valence-electron chi connectivity index (χ2n) is 5.56. The van der Waals surface area contributed by atoms with E-state index in [1.807, 2.05) is 26.2 Å². The zero-order valence-corrected chi connectivity index (χ0v) is 13.9. The maximum Gasteiger partial charge on any atom is 0.276 e. The van der Waals surface area contributed by atoms with Crippen LogP contribution in [0, 0.1) is 17.0 Å². The number of nitrogens with one attached hydrogen (secondary N) is 1. The molecule has 0 unspecified atom stereocenters. The molecule has 1 heterocycles. The smallest absolute Gasteiger partial charge is 0.276 e. The fourth-order valence-electron chi connectivity index (χ4n) is 2.00. The Kier molecular flexibility index (Phi) is 4.90. The fraction of sp³-hybridized carbons (Fsp3) is 0.250. The summed E-state index contributed by atoms with van der Waals surface area (Å²) in [6.45, 7) is 5.62. The molecule has 1 N–H and O–H groups in total. The average Bonchev–Trinajstić information content (AvgIpc) is 2.92. The number of amides is 1. The Hall–Kier alpha value is -2.54. The maximum atomic E-state index is 12.1. The number of nitro groups is 1. The van der Waals surface area contributed by atoms with Crippen molar-refractivity contribution in [2.45, 2.75) is 26.3 Å². The van der Waals surface area contributed by atoms with Crippen LogP contribution in [0.1, 0.15) is 30.1 Å². The lowest BCUT2D eigenvalue weighted by atomic mass is 10.1. The molecule has 7 heteroatoms. The molecular weight excluding hydrogens is 314 g/mol. The summed E-state index contributed by atoms with van der Waals surface area (Å²) in [4.78, 5) is 27.0. The predicted molar refractivity (Wildman–Crippen MR) is 90.2 cm³/mol. The lowest BCUT2D eigenvalue weighted by Gasteiger charge is -2.22. The van der Waals surface area contributed by atoms with Crippen molar-refractivity contribution >= 4 is 29.0 Å². The van der Waals surface area contributed by atoms with Crippen molar-refractivity contribution in [2.24, 2.45) is 0 Å². The second kappa shape index (κ2) is 6.70. The monoisotopic (exact) mass is 331 g/mol. The van der Waals surface area contributed by atoms with Crippen molar-refractivity contribution in [3.8, 4) is 0 Å². The maximum absolute atomic E-state index is 12.1. The van der Waals surface area contributed by atoms with Gasteiger partial charge in [0.1, 0.15) is 5.01 Å². The molecule has 0 atom stereocenters. The third kappa shape index (κ3) is 4.23. The van der Waals surface area contributed by atoms with Crippen molar-refractivity contribution in [1.82, 2.24) is 10.3 Å². The Morgan fingerprint density at radius 2 is 2.09 bits per heavy atom. The minimum Gasteiger partial charge on any atom is -0.341 e. The number of nitro benzene ring substituents is 1. The van der Waals surface area contributed by atoms with Crippen molar-refractivity contribution in [2.75, 3.05) is 0 Å². The number of para-hydroxylation sites is 1. The summed E-state index contributed by atoms with van der Waals surface area (Å²) in [5.41, 5.74) is 0.646. The van der Waals surface area contributed by atoms with Gasteiger partial charge in [0.2, 0.25) is 5.91 Å². The SMILES string of the molecule is Cc1csc(C(C)(C)NC(=O)C=Cc2ccccc2[N+](=O)[O-])n1. The zero-order chi connectivity index (χ0) is 17.0. The van der Waals surface area contributed by atoms with E-state index in [9.17, 15) is 14.9 Å². The van der Waals surface area contributed by atoms with E-state index in [0.29, 0.717) is 5.56 Å². The lowest BCUT2D eigenvalue weighted by molar-refractivity contribution is -0.385. The van der Waals surface area contributed by atoms with Gasteiger partial charge in [0.25, 0.3) is 5.69 Å². The number of carbonyl (C=O) groups is 1. The predicted octanol–water partition coefficient (Wildman–Crippen LogP) is 3.42. The summed E-state index contributed by atoms with van der Waals surface area (Å²) in [6.07, 6.45) is 2.74. The van der Waals surface area contributed by atoms with Gasteiger partial charge in [-0.3, -0.25) is 14.9 Å². The van der Waals surface area contributed by atoms with Crippen molar-refractivity contribution in [3.63, 3.8) is 0 Å². The summed E-state index contributed by atoms with van der Waals surface area (Å²) in [6, 6.07) is 6.27. The summed E-state index contributed by atoms with van der Waals surface area (Å²) < 4.78 is 0. The molecule has 0 aliphatic carbocycles. The number of hydrogen-bond donors (Lipinski definition) is 1. The molecule has 0 saturated heterocycles. The molecule has 120 valence electrons. The Morgan fingerprint density at radius 1 is 1.39 bits per heavy atom. The van der Waals surface area contributed by atoms with E-state index in [1.54, 1.807) is 18.2 Å². The molecule has 0 fully saturated rings. The highest BCUT2D eigenvalue weighted by molar-refractivity contribution is 7.09. The van der Waals surface area contributed by atoms with Crippen LogP contribution in [0.3, 0.4) is 0 Å². The van der Waals surface area contributed by atoms with Gasteiger partial charge in [-0.25, -0.2) is 4.98 Å². The minimum absolute atomic E-state index is 0.0358. The third-order valence-corrected chi connectivity index (χ3v) is 4.42. The molecule has 0 radical (unpaired) electrons. The van der Waals surface area contributed by atoms with E-state index >= 15 is 0 Å². The molecular formula is C16H17N3O3S. The number of aryl methyl sites for hydroxylation is 1. The first-order valence-corrected chi connectivity index (χ1v) is 7.84. The molecule has 0 aliphatic rings. The molecule has 1 aromatic carbocycles. The largest absolute Gasteiger partial charge is 0.341 e. The van der Waals surface area contributed by atoms with E-state index in [2.05, 4.69) is 10.3 Å². The van der Waals surface area contributed by atoms with E-state index in [0.717, 1.165) is 10.7 Å². The Balaban J connectivity index is 2.12. The molecule has 0 saturated carbocycles. The van der Waals surface area contributed by atoms with Crippen LogP contribution in [0.2, 0.25) is 0 Å². The van der Waals surface area contributed by atoms with Crippen molar-refractivity contribution < 1.29 is 9.72 Å². The first-order valence-electron chi connectivity index (χ1n) is 6.96. The standard InChI is InChI=1S/C16H17N3O3S/c1-11-10-23-15(17-11)16(2,3)18-14(20)9-8-12-6-4-5-7-13(12)19(21)22/h4-10H,1-3H3,(H,18,20). The normalized spacial score (nSPS) is 11.6. The van der Waals surface area contributed by atoms with Crippen molar-refractivity contribution in [1.29, 1.82) is 0 Å². The lowest BCUT2D eigenvalue weighted by Crippen LogP contribution is -2.40. The first-order chi connectivity index (χ1) is 10.8. The van der Waals surface area contributed by atoms with Crippen LogP contribution in [-0.4, -0.2) is 15.8 Å². The Bertz CT molecular complexity index is 765. The molecule has 6 nitrogen and oxygen atoms in total. The topological polar surface area (TPSA) is 85.1 Å². The minimum atomic E-state index is -0.608. The van der Waals surface area contributed by atoms with Crippen LogP contribution >= 0.6 is 11.3 Å². The number of aromatic nitrogens is 1. The number of rotatable bonds is 5. The zero-order valence-electron chi connectivity index (χ0n) is 13.1. The van der Waals surface area contributed by atoms with E-state index in [-0.39, 0.29) is 11.6 Å². The van der Waals surface area contributed by atoms with Gasteiger partial charge in [-0.2, -0.15) is 0 Å². The highest BCUT2D eigenvalue weighted by Gasteiger charge is 2.25. The first kappa shape index (κ1) is 16.8. The third-order valence-electron chi connectivity index (χ3n) is 3.14. The number of benzene rings is 1. The van der Waals surface area contributed by atoms with E-state index < -0.39 is 10.5 Å². The number of carbonyl (C=O) groups excluding carboxylic acids is 1. The van der Waals surface area contributed by atoms with Crippen LogP contribution < -0.4 is 5.32 Å². The Morgan fingerprint density at radius 3 is 2.70 bits per heavy atom. The second-order valence-corrected chi connectivity index (χ2v) is 6.42. The number of thiazole rings is 1. The van der Waals surface area contributed by atoms with Gasteiger partial charge in [0.05, 0.1) is 16.0 Å². The average molecular weight is 331 g/mol. The van der Waals surface area contributed by atoms with Gasteiger partial charge in [-0.15, -0.1) is 11.3 Å². The Labute approximate surface area is 138 Å². The van der Waals surface area contributed by atoms with Crippen LogP contribution in [0.4, 0.5) is 5.69 Å². The highest BCUT2D eigenvalue weighted by atomic mass is 32.1. The van der Waals surface area contributed by atoms with Gasteiger partial charge in [-0.1, -0.05) is 12.1 Å². The molecule has 0 spiro atoms. The van der Waals surface area contributed by atoms with E-state index in [1.165, 1.54) is 29.6 Å². The number of nitrogens with zero attached hydrogens (tertiary/aromatic N) is 2. The molecule has 0 bridgehead atoms. The fourth-order valence-corrected chi connectivity index (χ4v) is 2.88. The molecule has 0 aliphatic heterocycles. The summed E-state index contributed by atoms with van der Waals surface area (Å²) >= 11 is 1.48. The quantitative estimate of drug-likeness (QED) is 0.517. The van der Waals surface area contributed by atoms with Crippen LogP contribution in [0.25, 0.3) is 6.08 Å². The van der Waals surface area contributed by atoms with E-state index in [4.69, 9.17) is 0 Å². The van der Waals surface area contributed by atoms with Gasteiger partial charge < -0.3 is 5.32 Å². The summed E-state index contributed by atoms with van der Waals surface area (Å²) in [7, 11) is 0. The van der Waals surface area contributed by atoms with Gasteiger partial charge in [-0.05, 0) is 32.9 Å². The van der Waals surface area contributed by atoms with Crippen LogP contribution in [-0.2, 0) is 10.3 Å². The highest BCUT2D eigenvalue weighted by Crippen LogP contribution is 2.24. The summed E-state index contributed by atoms with van der Waals surface area (Å²) in [5.74, 6) is -0.332. The van der Waals surface area contributed by atoms with Gasteiger partial charge in [0.15, 0.2) is 0 Å². The van der Waals surface area contributed by atoms with Crippen molar-refractivity contribution in [3.05, 3.63) is 62.1 Å². The molecule has 1 amide bonds.